The van der Waals surface area contributed by atoms with Gasteiger partial charge in [0.1, 0.15) is 0 Å². The standard InChI is InChI=1S/C13H10.C4H6.C3H3N.C2H4/c1-3-7-12-10(5-1)9-11-6-2-4-8-13(11)12;1-3-4-2;1-2-3-4;1-2/h1-8H,9H2;3-4H,1-2H2;2H,1H2;1-2H2. The Hall–Kier alpha value is -3.11. The highest BCUT2D eigenvalue weighted by molar-refractivity contribution is 5.76. The van der Waals surface area contributed by atoms with E-state index in [0.717, 1.165) is 6.42 Å². The summed E-state index contributed by atoms with van der Waals surface area (Å²) in [4.78, 5) is 0. The van der Waals surface area contributed by atoms with Gasteiger partial charge in [-0.2, -0.15) is 5.26 Å². The van der Waals surface area contributed by atoms with Gasteiger partial charge in [0, 0.05) is 6.08 Å². The molecule has 0 aromatic heterocycles. The van der Waals surface area contributed by atoms with Gasteiger partial charge in [0.15, 0.2) is 0 Å². The number of hydrogen-bond donors (Lipinski definition) is 0. The van der Waals surface area contributed by atoms with Gasteiger partial charge in [0.2, 0.25) is 0 Å². The first-order valence-electron chi connectivity index (χ1n) is 7.18. The van der Waals surface area contributed by atoms with E-state index in [2.05, 4.69) is 81.4 Å². The first-order chi connectivity index (χ1) is 11.3. The van der Waals surface area contributed by atoms with Crippen LogP contribution in [-0.4, -0.2) is 0 Å². The Morgan fingerprint density at radius 2 is 1.13 bits per heavy atom. The second kappa shape index (κ2) is 12.6. The van der Waals surface area contributed by atoms with Crippen molar-refractivity contribution in [1.29, 1.82) is 5.26 Å². The van der Waals surface area contributed by atoms with Crippen LogP contribution in [-0.2, 0) is 6.42 Å². The summed E-state index contributed by atoms with van der Waals surface area (Å²) < 4.78 is 0. The Morgan fingerprint density at radius 3 is 1.43 bits per heavy atom. The lowest BCUT2D eigenvalue weighted by atomic mass is 10.1. The molecule has 0 fully saturated rings. The second-order valence-corrected chi connectivity index (χ2v) is 4.30. The van der Waals surface area contributed by atoms with Gasteiger partial charge in [-0.1, -0.05) is 80.4 Å². The maximum Gasteiger partial charge on any atom is 0.0905 e. The van der Waals surface area contributed by atoms with Crippen molar-refractivity contribution in [3.63, 3.8) is 0 Å². The molecule has 1 nitrogen and oxygen atoms in total. The van der Waals surface area contributed by atoms with Crippen LogP contribution in [0.1, 0.15) is 11.1 Å². The molecule has 3 rings (SSSR count). The van der Waals surface area contributed by atoms with E-state index in [1.807, 2.05) is 0 Å². The van der Waals surface area contributed by atoms with Crippen LogP contribution in [0.25, 0.3) is 11.1 Å². The third kappa shape index (κ3) is 6.46. The van der Waals surface area contributed by atoms with Gasteiger partial charge >= 0.3 is 0 Å². The summed E-state index contributed by atoms with van der Waals surface area (Å²) in [5.74, 6) is 0. The van der Waals surface area contributed by atoms with E-state index in [0.29, 0.717) is 0 Å². The smallest absolute Gasteiger partial charge is 0.0905 e. The van der Waals surface area contributed by atoms with Gasteiger partial charge < -0.3 is 0 Å². The molecule has 2 aromatic rings. The fourth-order valence-corrected chi connectivity index (χ4v) is 2.08. The third-order valence-corrected chi connectivity index (χ3v) is 2.96. The van der Waals surface area contributed by atoms with Crippen molar-refractivity contribution in [1.82, 2.24) is 0 Å². The van der Waals surface area contributed by atoms with E-state index in [4.69, 9.17) is 5.26 Å². The van der Waals surface area contributed by atoms with Crippen LogP contribution in [0, 0.1) is 11.3 Å². The number of hydrogen-bond acceptors (Lipinski definition) is 1. The molecule has 0 bridgehead atoms. The fourth-order valence-electron chi connectivity index (χ4n) is 2.08. The summed E-state index contributed by atoms with van der Waals surface area (Å²) in [6, 6.07) is 19.0. The number of benzene rings is 2. The molecule has 0 heterocycles. The average Bonchev–Trinajstić information content (AvgIpc) is 3.02. The molecule has 0 N–H and O–H groups in total. The zero-order chi connectivity index (χ0) is 17.5. The number of rotatable bonds is 1. The van der Waals surface area contributed by atoms with Crippen LogP contribution in [0.2, 0.25) is 0 Å². The number of allylic oxidation sites excluding steroid dienone is 3. The molecule has 0 aliphatic heterocycles. The van der Waals surface area contributed by atoms with Crippen molar-refractivity contribution in [3.05, 3.63) is 111 Å². The zero-order valence-corrected chi connectivity index (χ0v) is 13.5. The minimum absolute atomic E-state index is 1.10. The van der Waals surface area contributed by atoms with Crippen LogP contribution in [0.15, 0.2) is 99.7 Å². The summed E-state index contributed by atoms with van der Waals surface area (Å²) in [6.45, 7) is 15.8. The van der Waals surface area contributed by atoms with Crippen molar-refractivity contribution in [2.24, 2.45) is 0 Å². The Kier molecular flexibility index (Phi) is 10.9. The largest absolute Gasteiger partial charge is 0.193 e. The summed E-state index contributed by atoms with van der Waals surface area (Å²) in [5, 5.41) is 7.51. The molecule has 0 spiro atoms. The maximum absolute atomic E-state index is 7.51. The normalized spacial score (nSPS) is 8.65. The molecule has 0 amide bonds. The minimum atomic E-state index is 1.10. The Morgan fingerprint density at radius 1 is 0.783 bits per heavy atom. The van der Waals surface area contributed by atoms with E-state index in [1.54, 1.807) is 18.2 Å². The summed E-state index contributed by atoms with van der Waals surface area (Å²) in [5.41, 5.74) is 5.75. The molecule has 0 saturated heterocycles. The zero-order valence-electron chi connectivity index (χ0n) is 13.5. The molecule has 0 atom stereocenters. The van der Waals surface area contributed by atoms with Crippen molar-refractivity contribution in [3.8, 4) is 17.2 Å². The Bertz CT molecular complexity index is 625. The van der Waals surface area contributed by atoms with Crippen LogP contribution >= 0.6 is 0 Å². The van der Waals surface area contributed by atoms with Gasteiger partial charge in [0.05, 0.1) is 6.07 Å². The van der Waals surface area contributed by atoms with E-state index in [-0.39, 0.29) is 0 Å². The first-order valence-corrected chi connectivity index (χ1v) is 7.18. The topological polar surface area (TPSA) is 23.8 Å². The molecule has 1 heteroatoms. The predicted octanol–water partition coefficient (Wildman–Crippen LogP) is 6.11. The summed E-state index contributed by atoms with van der Waals surface area (Å²) in [7, 11) is 0. The number of nitriles is 1. The van der Waals surface area contributed by atoms with Gasteiger partial charge in [-0.05, 0) is 28.7 Å². The van der Waals surface area contributed by atoms with Crippen LogP contribution in [0.3, 0.4) is 0 Å². The van der Waals surface area contributed by atoms with Crippen molar-refractivity contribution < 1.29 is 0 Å². The lowest BCUT2D eigenvalue weighted by Crippen LogP contribution is -1.77. The van der Waals surface area contributed by atoms with Crippen LogP contribution < -0.4 is 0 Å². The summed E-state index contributed by atoms with van der Waals surface area (Å²) >= 11 is 0. The Labute approximate surface area is 140 Å². The van der Waals surface area contributed by atoms with Crippen molar-refractivity contribution >= 4 is 0 Å². The highest BCUT2D eigenvalue weighted by Gasteiger charge is 2.15. The molecule has 2 aromatic carbocycles. The number of fused-ring (bicyclic) bond motifs is 3. The molecular weight excluding hydrogens is 278 g/mol. The highest BCUT2D eigenvalue weighted by Crippen LogP contribution is 2.35. The van der Waals surface area contributed by atoms with Gasteiger partial charge in [-0.25, -0.2) is 0 Å². The minimum Gasteiger partial charge on any atom is -0.193 e. The van der Waals surface area contributed by atoms with E-state index in [1.165, 1.54) is 28.3 Å². The lowest BCUT2D eigenvalue weighted by molar-refractivity contribution is 1.26. The van der Waals surface area contributed by atoms with Gasteiger partial charge in [-0.3, -0.25) is 0 Å². The quantitative estimate of drug-likeness (QED) is 0.302. The van der Waals surface area contributed by atoms with E-state index >= 15 is 0 Å². The average molecular weight is 301 g/mol. The van der Waals surface area contributed by atoms with Crippen LogP contribution in [0.5, 0.6) is 0 Å². The molecule has 0 unspecified atom stereocenters. The maximum atomic E-state index is 7.51. The SMILES string of the molecule is C=C.C=CC#N.C=CC=C.c1ccc2c(c1)Cc1ccccc1-2. The molecule has 1 aliphatic rings. The molecule has 23 heavy (non-hydrogen) atoms. The van der Waals surface area contributed by atoms with E-state index in [9.17, 15) is 0 Å². The van der Waals surface area contributed by atoms with E-state index < -0.39 is 0 Å². The van der Waals surface area contributed by atoms with Crippen LogP contribution in [0.4, 0.5) is 0 Å². The molecule has 0 saturated carbocycles. The highest BCUT2D eigenvalue weighted by atomic mass is 14.2. The van der Waals surface area contributed by atoms with Gasteiger partial charge in [-0.15, -0.1) is 13.2 Å². The van der Waals surface area contributed by atoms with Gasteiger partial charge in [0.25, 0.3) is 0 Å². The molecule has 116 valence electrons. The lowest BCUT2D eigenvalue weighted by Gasteiger charge is -1.98. The fraction of sp³-hybridized carbons (Fsp3) is 0.0455. The second-order valence-electron chi connectivity index (χ2n) is 4.30. The molecule has 1 aliphatic carbocycles. The monoisotopic (exact) mass is 301 g/mol. The molecular formula is C22H23N. The number of nitrogens with zero attached hydrogens (tertiary/aromatic N) is 1. The Balaban J connectivity index is 0.000000410. The van der Waals surface area contributed by atoms with Crippen molar-refractivity contribution in [2.45, 2.75) is 6.42 Å². The first kappa shape index (κ1) is 19.9. The summed E-state index contributed by atoms with van der Waals surface area (Å²) in [6.07, 6.45) is 5.56. The van der Waals surface area contributed by atoms with Crippen molar-refractivity contribution in [2.75, 3.05) is 0 Å². The predicted molar refractivity (Wildman–Crippen MR) is 102 cm³/mol. The third-order valence-electron chi connectivity index (χ3n) is 2.96. The molecule has 0 radical (unpaired) electrons.